The number of rotatable bonds is 7. The summed E-state index contributed by atoms with van der Waals surface area (Å²) in [5.74, 6) is -0.809. The van der Waals surface area contributed by atoms with Gasteiger partial charge in [0.25, 0.3) is 0 Å². The van der Waals surface area contributed by atoms with Crippen LogP contribution in [-0.2, 0) is 27.4 Å². The Morgan fingerprint density at radius 1 is 1.00 bits per heavy atom. The van der Waals surface area contributed by atoms with Gasteiger partial charge in [0, 0.05) is 0 Å². The van der Waals surface area contributed by atoms with E-state index >= 15 is 0 Å². The molecule has 0 saturated heterocycles. The number of nitriles is 1. The van der Waals surface area contributed by atoms with Gasteiger partial charge in [0.15, 0.2) is 0 Å². The molecule has 30 heavy (non-hydrogen) atoms. The first-order valence-corrected chi connectivity index (χ1v) is 9.89. The van der Waals surface area contributed by atoms with E-state index in [1.54, 1.807) is 24.3 Å². The van der Waals surface area contributed by atoms with Crippen molar-refractivity contribution < 1.29 is 14.3 Å². The van der Waals surface area contributed by atoms with Gasteiger partial charge in [-0.3, -0.25) is 4.79 Å². The monoisotopic (exact) mass is 400 g/mol. The number of esters is 1. The van der Waals surface area contributed by atoms with Crippen molar-refractivity contribution in [2.24, 2.45) is 5.92 Å². The van der Waals surface area contributed by atoms with Gasteiger partial charge in [0.2, 0.25) is 5.91 Å². The molecule has 5 heteroatoms. The number of nitrogens with zero attached hydrogens (tertiary/aromatic N) is 1. The molecule has 0 bridgehead atoms. The molecule has 0 aliphatic carbocycles. The maximum atomic E-state index is 12.7. The molecule has 0 aliphatic rings. The average Bonchev–Trinajstić information content (AvgIpc) is 2.76. The second-order valence-corrected chi connectivity index (χ2v) is 7.52. The normalized spacial score (nSPS) is 11.7. The van der Waals surface area contributed by atoms with Crippen molar-refractivity contribution in [2.75, 3.05) is 0 Å². The highest BCUT2D eigenvalue weighted by Gasteiger charge is 2.26. The molecule has 0 fully saturated rings. The second-order valence-electron chi connectivity index (χ2n) is 7.52. The molecule has 0 saturated carbocycles. The molecule has 1 amide bonds. The molecule has 152 valence electrons. The Balaban J connectivity index is 1.63. The minimum absolute atomic E-state index is 0.0902. The number of hydrogen-bond acceptors (Lipinski definition) is 4. The van der Waals surface area contributed by atoms with Crippen LogP contribution in [-0.4, -0.2) is 17.9 Å². The molecular weight excluding hydrogens is 376 g/mol. The standard InChI is InChI=1S/C25H24N2O3/c1-17(2)24(25(29)30-16-19-12-10-18(15-26)11-13-19)27-23(28)14-21-8-5-7-20-6-3-4-9-22(20)21/h3-13,17,24H,14,16H2,1-2H3,(H,27,28)/t24-/m0/s1. The lowest BCUT2D eigenvalue weighted by molar-refractivity contribution is -0.150. The quantitative estimate of drug-likeness (QED) is 0.605. The lowest BCUT2D eigenvalue weighted by Crippen LogP contribution is -2.45. The Hall–Kier alpha value is -3.65. The van der Waals surface area contributed by atoms with Crippen molar-refractivity contribution in [3.05, 3.63) is 83.4 Å². The lowest BCUT2D eigenvalue weighted by Gasteiger charge is -2.21. The zero-order valence-electron chi connectivity index (χ0n) is 17.1. The molecule has 0 radical (unpaired) electrons. The molecule has 0 heterocycles. The summed E-state index contributed by atoms with van der Waals surface area (Å²) in [6, 6.07) is 21.9. The van der Waals surface area contributed by atoms with Crippen LogP contribution in [0.5, 0.6) is 0 Å². The number of carbonyl (C=O) groups is 2. The number of ether oxygens (including phenoxy) is 1. The summed E-state index contributed by atoms with van der Waals surface area (Å²) in [4.78, 5) is 25.3. The van der Waals surface area contributed by atoms with Gasteiger partial charge in [0.1, 0.15) is 12.6 Å². The van der Waals surface area contributed by atoms with Gasteiger partial charge >= 0.3 is 5.97 Å². The molecule has 3 aromatic carbocycles. The highest BCUT2D eigenvalue weighted by atomic mass is 16.5. The van der Waals surface area contributed by atoms with Gasteiger partial charge in [-0.15, -0.1) is 0 Å². The van der Waals surface area contributed by atoms with E-state index < -0.39 is 12.0 Å². The Bertz CT molecular complexity index is 1080. The molecule has 0 unspecified atom stereocenters. The van der Waals surface area contributed by atoms with Crippen LogP contribution in [0.2, 0.25) is 0 Å². The van der Waals surface area contributed by atoms with Gasteiger partial charge in [-0.1, -0.05) is 68.4 Å². The molecule has 1 atom stereocenters. The van der Waals surface area contributed by atoms with Crippen molar-refractivity contribution >= 4 is 22.6 Å². The van der Waals surface area contributed by atoms with Gasteiger partial charge in [0.05, 0.1) is 18.1 Å². The van der Waals surface area contributed by atoms with Crippen LogP contribution < -0.4 is 5.32 Å². The van der Waals surface area contributed by atoms with Gasteiger partial charge in [-0.05, 0) is 39.9 Å². The summed E-state index contributed by atoms with van der Waals surface area (Å²) in [5, 5.41) is 13.8. The van der Waals surface area contributed by atoms with E-state index in [0.717, 1.165) is 21.9 Å². The fourth-order valence-corrected chi connectivity index (χ4v) is 3.26. The SMILES string of the molecule is CC(C)[C@H](NC(=O)Cc1cccc2ccccc12)C(=O)OCc1ccc(C#N)cc1. The maximum Gasteiger partial charge on any atom is 0.329 e. The van der Waals surface area contributed by atoms with E-state index in [4.69, 9.17) is 10.00 Å². The zero-order valence-corrected chi connectivity index (χ0v) is 17.1. The van der Waals surface area contributed by atoms with Crippen LogP contribution in [0.4, 0.5) is 0 Å². The summed E-state index contributed by atoms with van der Waals surface area (Å²) in [6.45, 7) is 3.82. The van der Waals surface area contributed by atoms with E-state index in [1.165, 1.54) is 0 Å². The molecule has 5 nitrogen and oxygen atoms in total. The first-order chi connectivity index (χ1) is 14.5. The number of hydrogen-bond donors (Lipinski definition) is 1. The molecular formula is C25H24N2O3. The number of nitrogens with one attached hydrogen (secondary N) is 1. The second kappa shape index (κ2) is 9.71. The van der Waals surface area contributed by atoms with Crippen molar-refractivity contribution in [1.82, 2.24) is 5.32 Å². The van der Waals surface area contributed by atoms with Crippen molar-refractivity contribution in [2.45, 2.75) is 32.9 Å². The Labute approximate surface area is 176 Å². The maximum absolute atomic E-state index is 12.7. The minimum atomic E-state index is -0.731. The van der Waals surface area contributed by atoms with Gasteiger partial charge in [-0.2, -0.15) is 5.26 Å². The third kappa shape index (κ3) is 5.24. The molecule has 0 spiro atoms. The summed E-state index contributed by atoms with van der Waals surface area (Å²) in [7, 11) is 0. The first-order valence-electron chi connectivity index (χ1n) is 9.89. The summed E-state index contributed by atoms with van der Waals surface area (Å²) in [5.41, 5.74) is 2.25. The zero-order chi connectivity index (χ0) is 21.5. The van der Waals surface area contributed by atoms with Gasteiger partial charge in [-0.25, -0.2) is 4.79 Å². The molecule has 3 rings (SSSR count). The molecule has 3 aromatic rings. The minimum Gasteiger partial charge on any atom is -0.459 e. The number of benzene rings is 3. The largest absolute Gasteiger partial charge is 0.459 e. The Morgan fingerprint density at radius 3 is 2.40 bits per heavy atom. The van der Waals surface area contributed by atoms with E-state index in [-0.39, 0.29) is 24.9 Å². The summed E-state index contributed by atoms with van der Waals surface area (Å²) < 4.78 is 5.41. The van der Waals surface area contributed by atoms with E-state index in [1.807, 2.05) is 62.4 Å². The first kappa shape index (κ1) is 21.1. The predicted molar refractivity (Wildman–Crippen MR) is 115 cm³/mol. The van der Waals surface area contributed by atoms with Crippen molar-refractivity contribution in [1.29, 1.82) is 5.26 Å². The third-order valence-electron chi connectivity index (χ3n) is 4.93. The van der Waals surface area contributed by atoms with Crippen LogP contribution in [0.1, 0.15) is 30.5 Å². The lowest BCUT2D eigenvalue weighted by atomic mass is 10.0. The topological polar surface area (TPSA) is 79.2 Å². The summed E-state index contributed by atoms with van der Waals surface area (Å²) in [6.07, 6.45) is 0.188. The van der Waals surface area contributed by atoms with Crippen molar-refractivity contribution in [3.63, 3.8) is 0 Å². The highest BCUT2D eigenvalue weighted by Crippen LogP contribution is 2.19. The smallest absolute Gasteiger partial charge is 0.329 e. The van der Waals surface area contributed by atoms with Gasteiger partial charge < -0.3 is 10.1 Å². The summed E-state index contributed by atoms with van der Waals surface area (Å²) >= 11 is 0. The number of fused-ring (bicyclic) bond motifs is 1. The fourth-order valence-electron chi connectivity index (χ4n) is 3.26. The van der Waals surface area contributed by atoms with Crippen LogP contribution in [0.3, 0.4) is 0 Å². The predicted octanol–water partition coefficient (Wildman–Crippen LogP) is 4.14. The van der Waals surface area contributed by atoms with E-state index in [2.05, 4.69) is 5.32 Å². The Morgan fingerprint density at radius 2 is 1.70 bits per heavy atom. The van der Waals surface area contributed by atoms with Crippen LogP contribution in [0.25, 0.3) is 10.8 Å². The highest BCUT2D eigenvalue weighted by molar-refractivity contribution is 5.91. The number of amides is 1. The fraction of sp³-hybridized carbons (Fsp3) is 0.240. The average molecular weight is 400 g/mol. The molecule has 0 aromatic heterocycles. The van der Waals surface area contributed by atoms with E-state index in [0.29, 0.717) is 5.56 Å². The molecule has 1 N–H and O–H groups in total. The number of carbonyl (C=O) groups excluding carboxylic acids is 2. The van der Waals surface area contributed by atoms with Crippen LogP contribution in [0.15, 0.2) is 66.7 Å². The molecule has 0 aliphatic heterocycles. The van der Waals surface area contributed by atoms with E-state index in [9.17, 15) is 9.59 Å². The Kier molecular flexibility index (Phi) is 6.82. The van der Waals surface area contributed by atoms with Crippen molar-refractivity contribution in [3.8, 4) is 6.07 Å². The van der Waals surface area contributed by atoms with Crippen LogP contribution in [0, 0.1) is 17.2 Å². The third-order valence-corrected chi connectivity index (χ3v) is 4.93. The van der Waals surface area contributed by atoms with Crippen LogP contribution >= 0.6 is 0 Å².